The molecule has 0 radical (unpaired) electrons. The summed E-state index contributed by atoms with van der Waals surface area (Å²) in [6.45, 7) is 0. The van der Waals surface area contributed by atoms with Crippen LogP contribution in [-0.2, 0) is 0 Å². The smallest absolute Gasteiger partial charge is 0.0449 e. The van der Waals surface area contributed by atoms with Crippen LogP contribution in [0, 0.1) is 27.2 Å². The molecule has 0 saturated carbocycles. The van der Waals surface area contributed by atoms with E-state index in [1.807, 2.05) is 45.3 Å². The van der Waals surface area contributed by atoms with E-state index in [2.05, 4.69) is 121 Å². The van der Waals surface area contributed by atoms with Gasteiger partial charge in [0.15, 0.2) is 0 Å². The molecule has 2 aliphatic rings. The number of thiophene rings is 4. The maximum atomic E-state index is 2.27. The van der Waals surface area contributed by atoms with E-state index in [0.717, 1.165) is 0 Å². The second kappa shape index (κ2) is 9.69. The van der Waals surface area contributed by atoms with Crippen LogP contribution in [-0.4, -0.2) is 0 Å². The lowest BCUT2D eigenvalue weighted by molar-refractivity contribution is 1.73. The molecule has 2 aliphatic carbocycles. The van der Waals surface area contributed by atoms with Crippen LogP contribution in [0.15, 0.2) is 121 Å². The van der Waals surface area contributed by atoms with Crippen LogP contribution >= 0.6 is 45.3 Å². The Bertz CT molecular complexity index is 1780. The Morgan fingerprint density at radius 2 is 0.500 bits per heavy atom. The fraction of sp³-hybridized carbons (Fsp3) is 0. The molecule has 0 aromatic carbocycles. The maximum absolute atomic E-state index is 2.27. The minimum absolute atomic E-state index is 1.26. The third-order valence-corrected chi connectivity index (χ3v) is 10.5. The molecule has 164 valence electrons. The van der Waals surface area contributed by atoms with E-state index >= 15 is 0 Å². The van der Waals surface area contributed by atoms with Crippen molar-refractivity contribution < 1.29 is 0 Å². The van der Waals surface area contributed by atoms with Crippen molar-refractivity contribution in [3.63, 3.8) is 0 Å². The second-order valence-corrected chi connectivity index (χ2v) is 12.1. The summed E-state index contributed by atoms with van der Waals surface area (Å²) in [5.41, 5.74) is 2.53. The lowest BCUT2D eigenvalue weighted by Gasteiger charge is -1.87. The Morgan fingerprint density at radius 1 is 0.265 bits per heavy atom. The summed E-state index contributed by atoms with van der Waals surface area (Å²) in [7, 11) is 0. The molecule has 0 nitrogen and oxygen atoms in total. The van der Waals surface area contributed by atoms with Crippen LogP contribution in [0.5, 0.6) is 0 Å². The predicted octanol–water partition coefficient (Wildman–Crippen LogP) is 7.46. The van der Waals surface area contributed by atoms with Crippen molar-refractivity contribution in [2.75, 3.05) is 0 Å². The molecule has 0 spiro atoms. The first kappa shape index (κ1) is 21.5. The maximum Gasteiger partial charge on any atom is 0.0449 e. The molecule has 0 saturated heterocycles. The predicted molar refractivity (Wildman–Crippen MR) is 151 cm³/mol. The molecule has 0 N–H and O–H groups in total. The van der Waals surface area contributed by atoms with Gasteiger partial charge < -0.3 is 0 Å². The van der Waals surface area contributed by atoms with Gasteiger partial charge in [0.05, 0.1) is 0 Å². The zero-order valence-corrected chi connectivity index (χ0v) is 21.4. The van der Waals surface area contributed by atoms with Gasteiger partial charge in [-0.05, 0) is 59.7 Å². The molecule has 0 aliphatic heterocycles. The Balaban J connectivity index is 1.48. The summed E-state index contributed by atoms with van der Waals surface area (Å²) in [6.07, 6.45) is 25.4. The standard InChI is InChI=1S/C30H20S4/c1-2-6-10-21(9-5-1)23-13-15-25(31-23)27-17-19-29(33-27)30-20-18-28(34-30)26-16-14-24(32-26)22-11-7-3-4-8-12-22/h1-20H/b27-25+,28-26+,30-29+. The molecule has 4 aromatic rings. The van der Waals surface area contributed by atoms with E-state index in [1.165, 1.54) is 47.4 Å². The van der Waals surface area contributed by atoms with Crippen LogP contribution in [0.25, 0.3) is 11.1 Å². The summed E-state index contributed by atoms with van der Waals surface area (Å²) < 4.78 is 10.6. The number of hydrogen-bond acceptors (Lipinski definition) is 4. The average molecular weight is 509 g/mol. The first-order valence-corrected chi connectivity index (χ1v) is 14.3. The van der Waals surface area contributed by atoms with Gasteiger partial charge in [-0.15, -0.1) is 45.3 Å². The average Bonchev–Trinajstić information content (AvgIpc) is 3.63. The van der Waals surface area contributed by atoms with Gasteiger partial charge in [0.1, 0.15) is 0 Å². The molecule has 4 heteroatoms. The lowest BCUT2D eigenvalue weighted by atomic mass is 10.2. The normalized spacial score (nSPS) is 18.0. The molecular weight excluding hydrogens is 489 g/mol. The summed E-state index contributed by atoms with van der Waals surface area (Å²) in [4.78, 5) is 0. The van der Waals surface area contributed by atoms with E-state index in [1.54, 1.807) is 0 Å². The summed E-state index contributed by atoms with van der Waals surface area (Å²) in [5, 5.41) is 0. The molecule has 0 amide bonds. The van der Waals surface area contributed by atoms with E-state index in [4.69, 9.17) is 0 Å². The van der Waals surface area contributed by atoms with E-state index in [0.29, 0.717) is 0 Å². The number of allylic oxidation sites excluding steroid dienone is 12. The van der Waals surface area contributed by atoms with Crippen LogP contribution in [0.2, 0.25) is 0 Å². The van der Waals surface area contributed by atoms with Crippen molar-refractivity contribution in [2.24, 2.45) is 0 Å². The Kier molecular flexibility index (Phi) is 6.13. The van der Waals surface area contributed by atoms with Gasteiger partial charge in [-0.25, -0.2) is 0 Å². The zero-order chi connectivity index (χ0) is 22.7. The fourth-order valence-corrected chi connectivity index (χ4v) is 8.10. The van der Waals surface area contributed by atoms with Crippen molar-refractivity contribution in [2.45, 2.75) is 0 Å². The van der Waals surface area contributed by atoms with Crippen molar-refractivity contribution >= 4 is 56.5 Å². The Hall–Kier alpha value is -3.02. The molecule has 4 heterocycles. The summed E-state index contributed by atoms with van der Waals surface area (Å²) in [6, 6.07) is 18.0. The number of hydrogen-bond donors (Lipinski definition) is 0. The van der Waals surface area contributed by atoms with Gasteiger partial charge in [0.2, 0.25) is 0 Å². The second-order valence-electron chi connectivity index (χ2n) is 7.77. The number of rotatable bonds is 0. The molecule has 4 aromatic heterocycles. The van der Waals surface area contributed by atoms with Gasteiger partial charge in [-0.3, -0.25) is 0 Å². The van der Waals surface area contributed by atoms with Crippen LogP contribution in [0.1, 0.15) is 0 Å². The highest BCUT2D eigenvalue weighted by molar-refractivity contribution is 7.14. The van der Waals surface area contributed by atoms with Crippen LogP contribution in [0.3, 0.4) is 0 Å². The highest BCUT2D eigenvalue weighted by atomic mass is 32.1. The van der Waals surface area contributed by atoms with Gasteiger partial charge in [-0.2, -0.15) is 0 Å². The molecule has 6 rings (SSSR count). The summed E-state index contributed by atoms with van der Waals surface area (Å²) >= 11 is 7.48. The lowest BCUT2D eigenvalue weighted by Crippen LogP contribution is -1.93. The topological polar surface area (TPSA) is 0 Å². The monoisotopic (exact) mass is 508 g/mol. The molecular formula is C30H20S4. The fourth-order valence-electron chi connectivity index (χ4n) is 3.79. The van der Waals surface area contributed by atoms with Gasteiger partial charge in [0, 0.05) is 36.3 Å². The SMILES string of the molecule is C1=CC=CC(=c2cc/c(=c3/cc/c(=c4/cc/c(=c5/ccc(=C6C=CC=CC=C6)s5)s4)s3)s2)C=C1. The first-order valence-electron chi connectivity index (χ1n) is 11.0. The quantitative estimate of drug-likeness (QED) is 0.231. The molecule has 0 unspecified atom stereocenters. The van der Waals surface area contributed by atoms with Gasteiger partial charge in [-0.1, -0.05) is 72.9 Å². The van der Waals surface area contributed by atoms with Crippen molar-refractivity contribution in [3.05, 3.63) is 158 Å². The van der Waals surface area contributed by atoms with E-state index in [9.17, 15) is 0 Å². The third kappa shape index (κ3) is 4.50. The molecule has 0 fully saturated rings. The van der Waals surface area contributed by atoms with Crippen LogP contribution < -0.4 is 9.06 Å². The van der Waals surface area contributed by atoms with Crippen molar-refractivity contribution in [3.8, 4) is 0 Å². The van der Waals surface area contributed by atoms with Gasteiger partial charge >= 0.3 is 0 Å². The highest BCUT2D eigenvalue weighted by Crippen LogP contribution is 2.17. The van der Waals surface area contributed by atoms with Crippen molar-refractivity contribution in [1.29, 1.82) is 0 Å². The largest absolute Gasteiger partial charge is 0.134 e. The van der Waals surface area contributed by atoms with Crippen LogP contribution in [0.4, 0.5) is 0 Å². The highest BCUT2D eigenvalue weighted by Gasteiger charge is 1.98. The third-order valence-electron chi connectivity index (χ3n) is 5.49. The molecule has 34 heavy (non-hydrogen) atoms. The van der Waals surface area contributed by atoms with E-state index in [-0.39, 0.29) is 0 Å². The minimum Gasteiger partial charge on any atom is -0.134 e. The van der Waals surface area contributed by atoms with E-state index < -0.39 is 0 Å². The molecule has 0 atom stereocenters. The Morgan fingerprint density at radius 3 is 0.794 bits per heavy atom. The summed E-state index contributed by atoms with van der Waals surface area (Å²) in [5.74, 6) is 0. The minimum atomic E-state index is 1.26. The zero-order valence-electron chi connectivity index (χ0n) is 18.2. The van der Waals surface area contributed by atoms with Crippen molar-refractivity contribution in [1.82, 2.24) is 0 Å². The first-order chi connectivity index (χ1) is 16.8. The Labute approximate surface area is 213 Å². The van der Waals surface area contributed by atoms with Gasteiger partial charge in [0.25, 0.3) is 0 Å². The molecule has 0 bridgehead atoms.